The van der Waals surface area contributed by atoms with Gasteiger partial charge in [0.25, 0.3) is 0 Å². The van der Waals surface area contributed by atoms with E-state index in [4.69, 9.17) is 23.7 Å². The van der Waals surface area contributed by atoms with E-state index in [-0.39, 0.29) is 18.6 Å². The lowest BCUT2D eigenvalue weighted by atomic mass is 9.85. The van der Waals surface area contributed by atoms with Crippen LogP contribution in [-0.4, -0.2) is 31.1 Å². The number of phenols is 1. The lowest BCUT2D eigenvalue weighted by Crippen LogP contribution is -2.24. The number of carbonyl (C=O) groups excluding carboxylic acids is 1. The van der Waals surface area contributed by atoms with Gasteiger partial charge < -0.3 is 28.8 Å². The second kappa shape index (κ2) is 8.67. The van der Waals surface area contributed by atoms with Gasteiger partial charge in [-0.2, -0.15) is 0 Å². The van der Waals surface area contributed by atoms with Crippen molar-refractivity contribution in [2.24, 2.45) is 0 Å². The molecule has 0 radical (unpaired) electrons. The maximum atomic E-state index is 13.2. The number of phenolic OH excluding ortho intramolecular Hbond substituents is 1. The second-order valence-corrected chi connectivity index (χ2v) is 8.26. The Labute approximate surface area is 197 Å². The molecule has 34 heavy (non-hydrogen) atoms. The van der Waals surface area contributed by atoms with Gasteiger partial charge in [-0.3, -0.25) is 0 Å². The number of ether oxygens (including phenoxy) is 5. The van der Waals surface area contributed by atoms with Crippen LogP contribution < -0.4 is 18.9 Å². The molecule has 0 bridgehead atoms. The van der Waals surface area contributed by atoms with Crippen LogP contribution in [0.3, 0.4) is 0 Å². The van der Waals surface area contributed by atoms with Gasteiger partial charge >= 0.3 is 5.97 Å². The summed E-state index contributed by atoms with van der Waals surface area (Å²) in [6.45, 7) is 4.04. The minimum absolute atomic E-state index is 0.0230. The van der Waals surface area contributed by atoms with Crippen LogP contribution in [0.5, 0.6) is 28.7 Å². The molecule has 0 fully saturated rings. The van der Waals surface area contributed by atoms with Gasteiger partial charge in [0.1, 0.15) is 17.2 Å². The monoisotopic (exact) mass is 460 g/mol. The molecule has 0 saturated heterocycles. The Hall–Kier alpha value is -4.13. The van der Waals surface area contributed by atoms with Crippen molar-refractivity contribution < 1.29 is 33.6 Å². The first-order valence-corrected chi connectivity index (χ1v) is 10.9. The zero-order valence-corrected chi connectivity index (χ0v) is 19.0. The second-order valence-electron chi connectivity index (χ2n) is 8.26. The van der Waals surface area contributed by atoms with Crippen molar-refractivity contribution in [3.05, 3.63) is 82.9 Å². The summed E-state index contributed by atoms with van der Waals surface area (Å²) < 4.78 is 28.5. The molecule has 7 nitrogen and oxygen atoms in total. The van der Waals surface area contributed by atoms with Crippen LogP contribution in [0.4, 0.5) is 0 Å². The average Bonchev–Trinajstić information content (AvgIpc) is 3.30. The van der Waals surface area contributed by atoms with Crippen LogP contribution >= 0.6 is 0 Å². The third-order valence-corrected chi connectivity index (χ3v) is 5.63. The molecule has 0 amide bonds. The van der Waals surface area contributed by atoms with E-state index in [9.17, 15) is 9.90 Å². The fourth-order valence-electron chi connectivity index (χ4n) is 4.18. The van der Waals surface area contributed by atoms with Gasteiger partial charge in [0, 0.05) is 16.7 Å². The molecule has 0 saturated carbocycles. The van der Waals surface area contributed by atoms with Crippen molar-refractivity contribution in [3.8, 4) is 28.7 Å². The molecule has 1 unspecified atom stereocenters. The van der Waals surface area contributed by atoms with E-state index < -0.39 is 12.1 Å². The Morgan fingerprint density at radius 1 is 0.971 bits per heavy atom. The van der Waals surface area contributed by atoms with Gasteiger partial charge in [0.2, 0.25) is 6.79 Å². The maximum Gasteiger partial charge on any atom is 0.338 e. The van der Waals surface area contributed by atoms with E-state index in [1.54, 1.807) is 30.3 Å². The third-order valence-electron chi connectivity index (χ3n) is 5.63. The standard InChI is InChI=1S/C27H24O7/c1-15(2)33-19-9-11-21-20(13-19)24(16-4-7-18(28)8-5-16)25(27(29)30-3)26(34-21)17-6-10-22-23(12-17)32-14-31-22/h4-13,15,26,28H,14H2,1-3H3. The fraction of sp³-hybridized carbons (Fsp3) is 0.222. The zero-order valence-electron chi connectivity index (χ0n) is 19.0. The van der Waals surface area contributed by atoms with Crippen molar-refractivity contribution in [1.82, 2.24) is 0 Å². The van der Waals surface area contributed by atoms with Gasteiger partial charge in [-0.25, -0.2) is 4.79 Å². The lowest BCUT2D eigenvalue weighted by Gasteiger charge is -2.31. The van der Waals surface area contributed by atoms with Crippen molar-refractivity contribution in [2.75, 3.05) is 13.9 Å². The van der Waals surface area contributed by atoms with Crippen LogP contribution in [-0.2, 0) is 9.53 Å². The number of methoxy groups -OCH3 is 1. The Kier molecular flexibility index (Phi) is 5.53. The van der Waals surface area contributed by atoms with Gasteiger partial charge in [0.15, 0.2) is 17.6 Å². The van der Waals surface area contributed by atoms with Crippen molar-refractivity contribution in [3.63, 3.8) is 0 Å². The normalized spacial score (nSPS) is 16.2. The van der Waals surface area contributed by atoms with E-state index in [1.165, 1.54) is 7.11 Å². The molecule has 3 aromatic carbocycles. The minimum Gasteiger partial charge on any atom is -0.508 e. The summed E-state index contributed by atoms with van der Waals surface area (Å²) in [7, 11) is 1.34. The van der Waals surface area contributed by atoms with Crippen LogP contribution in [0.2, 0.25) is 0 Å². The Bertz CT molecular complexity index is 1270. The topological polar surface area (TPSA) is 83.5 Å². The molecule has 5 rings (SSSR count). The summed E-state index contributed by atoms with van der Waals surface area (Å²) in [4.78, 5) is 13.2. The predicted molar refractivity (Wildman–Crippen MR) is 124 cm³/mol. The number of benzene rings is 3. The number of rotatable bonds is 5. The van der Waals surface area contributed by atoms with Crippen LogP contribution in [0.25, 0.3) is 5.57 Å². The number of fused-ring (bicyclic) bond motifs is 2. The SMILES string of the molecule is COC(=O)C1=C(c2ccc(O)cc2)c2cc(OC(C)C)ccc2OC1c1ccc2c(c1)OCO2. The van der Waals surface area contributed by atoms with E-state index >= 15 is 0 Å². The van der Waals surface area contributed by atoms with Gasteiger partial charge in [-0.1, -0.05) is 18.2 Å². The molecule has 174 valence electrons. The number of aromatic hydroxyl groups is 1. The van der Waals surface area contributed by atoms with Crippen LogP contribution in [0.15, 0.2) is 66.2 Å². The first-order chi connectivity index (χ1) is 16.4. The summed E-state index contributed by atoms with van der Waals surface area (Å²) in [5.41, 5.74) is 3.12. The molecule has 1 atom stereocenters. The Morgan fingerprint density at radius 3 is 2.44 bits per heavy atom. The predicted octanol–water partition coefficient (Wildman–Crippen LogP) is 5.02. The molecule has 2 aliphatic heterocycles. The molecular weight excluding hydrogens is 436 g/mol. The highest BCUT2D eigenvalue weighted by atomic mass is 16.7. The molecule has 7 heteroatoms. The Balaban J connectivity index is 1.74. The number of hydrogen-bond donors (Lipinski definition) is 1. The van der Waals surface area contributed by atoms with E-state index in [1.807, 2.05) is 44.2 Å². The van der Waals surface area contributed by atoms with E-state index in [0.29, 0.717) is 45.3 Å². The highest BCUT2D eigenvalue weighted by molar-refractivity contribution is 6.04. The Morgan fingerprint density at radius 2 is 1.71 bits per heavy atom. The van der Waals surface area contributed by atoms with Crippen LogP contribution in [0, 0.1) is 0 Å². The van der Waals surface area contributed by atoms with Crippen molar-refractivity contribution in [2.45, 2.75) is 26.1 Å². The first-order valence-electron chi connectivity index (χ1n) is 10.9. The van der Waals surface area contributed by atoms with Gasteiger partial charge in [-0.05, 0) is 61.9 Å². The molecular formula is C27H24O7. The molecule has 2 aliphatic rings. The molecule has 3 aromatic rings. The van der Waals surface area contributed by atoms with Crippen molar-refractivity contribution >= 4 is 11.5 Å². The summed E-state index contributed by atoms with van der Waals surface area (Å²) in [5, 5.41) is 9.86. The van der Waals surface area contributed by atoms with Crippen LogP contribution in [0.1, 0.15) is 36.6 Å². The molecule has 1 N–H and O–H groups in total. The number of esters is 1. The number of carbonyl (C=O) groups is 1. The highest BCUT2D eigenvalue weighted by Crippen LogP contribution is 2.48. The van der Waals surface area contributed by atoms with Gasteiger partial charge in [0.05, 0.1) is 18.8 Å². The highest BCUT2D eigenvalue weighted by Gasteiger charge is 2.36. The average molecular weight is 460 g/mol. The van der Waals surface area contributed by atoms with Gasteiger partial charge in [-0.15, -0.1) is 0 Å². The number of hydrogen-bond acceptors (Lipinski definition) is 7. The van der Waals surface area contributed by atoms with E-state index in [2.05, 4.69) is 0 Å². The zero-order chi connectivity index (χ0) is 23.8. The summed E-state index contributed by atoms with van der Waals surface area (Å²) >= 11 is 0. The molecule has 0 aliphatic carbocycles. The summed E-state index contributed by atoms with van der Waals surface area (Å²) in [5.74, 6) is 2.07. The minimum atomic E-state index is -0.755. The van der Waals surface area contributed by atoms with E-state index in [0.717, 1.165) is 5.56 Å². The largest absolute Gasteiger partial charge is 0.508 e. The lowest BCUT2D eigenvalue weighted by molar-refractivity contribution is -0.137. The molecule has 0 spiro atoms. The maximum absolute atomic E-state index is 13.2. The van der Waals surface area contributed by atoms with Crippen molar-refractivity contribution in [1.29, 1.82) is 0 Å². The molecule has 0 aromatic heterocycles. The molecule has 2 heterocycles. The third kappa shape index (κ3) is 3.90. The fourth-order valence-corrected chi connectivity index (χ4v) is 4.18. The smallest absolute Gasteiger partial charge is 0.338 e. The summed E-state index contributed by atoms with van der Waals surface area (Å²) in [6, 6.07) is 17.7. The first kappa shape index (κ1) is 21.7. The quantitative estimate of drug-likeness (QED) is 0.536. The summed E-state index contributed by atoms with van der Waals surface area (Å²) in [6.07, 6.45) is -0.778.